The summed E-state index contributed by atoms with van der Waals surface area (Å²) in [6, 6.07) is 0. The molecule has 1 amide bonds. The monoisotopic (exact) mass is 198 g/mol. The number of nitrogens with one attached hydrogen (secondary N) is 1. The van der Waals surface area contributed by atoms with Crippen LogP contribution in [0.25, 0.3) is 0 Å². The summed E-state index contributed by atoms with van der Waals surface area (Å²) < 4.78 is 0. The van der Waals surface area contributed by atoms with Gasteiger partial charge in [-0.2, -0.15) is 0 Å². The zero-order valence-electron chi connectivity index (χ0n) is 9.68. The number of hydrogen-bond donors (Lipinski definition) is 2. The van der Waals surface area contributed by atoms with E-state index in [0.29, 0.717) is 5.92 Å². The van der Waals surface area contributed by atoms with Gasteiger partial charge in [0.25, 0.3) is 0 Å². The first-order chi connectivity index (χ1) is 6.25. The molecule has 0 atom stereocenters. The molecule has 3 heteroatoms. The zero-order valence-corrected chi connectivity index (χ0v) is 9.68. The predicted octanol–water partition coefficient (Wildman–Crippen LogP) is 1.42. The lowest BCUT2D eigenvalue weighted by molar-refractivity contribution is -0.125. The number of hydrogen-bond acceptors (Lipinski definition) is 2. The van der Waals surface area contributed by atoms with Crippen molar-refractivity contribution in [1.82, 2.24) is 5.32 Å². The summed E-state index contributed by atoms with van der Waals surface area (Å²) in [5.41, 5.74) is 5.13. The Morgan fingerprint density at radius 1 is 1.50 bits per heavy atom. The van der Waals surface area contributed by atoms with Gasteiger partial charge in [0.05, 0.1) is 5.54 Å². The maximum absolute atomic E-state index is 11.7. The predicted molar refractivity (Wildman–Crippen MR) is 57.8 cm³/mol. The Hall–Kier alpha value is -0.570. The molecule has 0 saturated heterocycles. The molecule has 0 aromatic rings. The highest BCUT2D eigenvalue weighted by Gasteiger charge is 2.47. The SMILES string of the molecule is CC(C)CC(C)(C)NC(=O)C1(N)CC1. The van der Waals surface area contributed by atoms with E-state index in [-0.39, 0.29) is 11.4 Å². The Bertz CT molecular complexity index is 229. The van der Waals surface area contributed by atoms with Crippen LogP contribution in [-0.2, 0) is 4.79 Å². The molecule has 3 nitrogen and oxygen atoms in total. The Morgan fingerprint density at radius 2 is 2.00 bits per heavy atom. The topological polar surface area (TPSA) is 55.1 Å². The fourth-order valence-corrected chi connectivity index (χ4v) is 1.87. The number of amides is 1. The van der Waals surface area contributed by atoms with Crippen molar-refractivity contribution in [3.8, 4) is 0 Å². The van der Waals surface area contributed by atoms with Gasteiger partial charge in [-0.05, 0) is 39.0 Å². The van der Waals surface area contributed by atoms with Gasteiger partial charge in [0.15, 0.2) is 0 Å². The van der Waals surface area contributed by atoms with Gasteiger partial charge in [0, 0.05) is 5.54 Å². The molecule has 82 valence electrons. The molecule has 3 N–H and O–H groups in total. The normalized spacial score (nSPS) is 19.6. The molecule has 0 spiro atoms. The fourth-order valence-electron chi connectivity index (χ4n) is 1.87. The molecule has 0 radical (unpaired) electrons. The molecule has 1 saturated carbocycles. The molecule has 0 bridgehead atoms. The van der Waals surface area contributed by atoms with Crippen molar-refractivity contribution in [3.05, 3.63) is 0 Å². The highest BCUT2D eigenvalue weighted by molar-refractivity contribution is 5.89. The van der Waals surface area contributed by atoms with Crippen LogP contribution in [0.15, 0.2) is 0 Å². The van der Waals surface area contributed by atoms with Crippen LogP contribution >= 0.6 is 0 Å². The van der Waals surface area contributed by atoms with Crippen molar-refractivity contribution in [2.24, 2.45) is 11.7 Å². The summed E-state index contributed by atoms with van der Waals surface area (Å²) >= 11 is 0. The molecule has 1 aliphatic rings. The Labute approximate surface area is 86.4 Å². The summed E-state index contributed by atoms with van der Waals surface area (Å²) in [4.78, 5) is 11.7. The second kappa shape index (κ2) is 3.54. The standard InChI is InChI=1S/C11H22N2O/c1-8(2)7-10(3,4)13-9(14)11(12)5-6-11/h8H,5-7,12H2,1-4H3,(H,13,14). The first kappa shape index (κ1) is 11.5. The number of rotatable bonds is 4. The van der Waals surface area contributed by atoms with Gasteiger partial charge >= 0.3 is 0 Å². The third-order valence-electron chi connectivity index (χ3n) is 2.61. The minimum absolute atomic E-state index is 0.0168. The molecule has 1 aliphatic carbocycles. The smallest absolute Gasteiger partial charge is 0.240 e. The Kier molecular flexibility index (Phi) is 2.91. The molecule has 0 heterocycles. The molecule has 1 rings (SSSR count). The van der Waals surface area contributed by atoms with Gasteiger partial charge in [0.2, 0.25) is 5.91 Å². The second-order valence-corrected chi connectivity index (χ2v) is 5.59. The Balaban J connectivity index is 2.45. The molecule has 0 aromatic carbocycles. The van der Waals surface area contributed by atoms with Crippen LogP contribution in [0.4, 0.5) is 0 Å². The van der Waals surface area contributed by atoms with Crippen molar-refractivity contribution in [3.63, 3.8) is 0 Å². The lowest BCUT2D eigenvalue weighted by Crippen LogP contribution is -2.52. The number of carbonyl (C=O) groups excluding carboxylic acids is 1. The van der Waals surface area contributed by atoms with Crippen molar-refractivity contribution in [1.29, 1.82) is 0 Å². The first-order valence-electron chi connectivity index (χ1n) is 5.37. The summed E-state index contributed by atoms with van der Waals surface area (Å²) in [7, 11) is 0. The molecule has 0 aliphatic heterocycles. The zero-order chi connectivity index (χ0) is 11.0. The highest BCUT2D eigenvalue weighted by atomic mass is 16.2. The quantitative estimate of drug-likeness (QED) is 0.717. The van der Waals surface area contributed by atoms with E-state index in [2.05, 4.69) is 33.0 Å². The van der Waals surface area contributed by atoms with Crippen LogP contribution < -0.4 is 11.1 Å². The largest absolute Gasteiger partial charge is 0.350 e. The minimum atomic E-state index is -0.547. The van der Waals surface area contributed by atoms with Gasteiger partial charge < -0.3 is 11.1 Å². The van der Waals surface area contributed by atoms with E-state index in [1.165, 1.54) is 0 Å². The lowest BCUT2D eigenvalue weighted by atomic mass is 9.92. The van der Waals surface area contributed by atoms with E-state index < -0.39 is 5.54 Å². The van der Waals surface area contributed by atoms with Crippen molar-refractivity contribution in [2.45, 2.75) is 58.0 Å². The van der Waals surface area contributed by atoms with Gasteiger partial charge in [-0.3, -0.25) is 4.79 Å². The lowest BCUT2D eigenvalue weighted by Gasteiger charge is -2.29. The van der Waals surface area contributed by atoms with Crippen LogP contribution in [0.1, 0.15) is 47.0 Å². The van der Waals surface area contributed by atoms with Gasteiger partial charge in [-0.25, -0.2) is 0 Å². The maximum atomic E-state index is 11.7. The molecule has 1 fully saturated rings. The van der Waals surface area contributed by atoms with Gasteiger partial charge in [-0.1, -0.05) is 13.8 Å². The average molecular weight is 198 g/mol. The van der Waals surface area contributed by atoms with Gasteiger partial charge in [-0.15, -0.1) is 0 Å². The molecule has 0 aromatic heterocycles. The number of nitrogens with two attached hydrogens (primary N) is 1. The molecular weight excluding hydrogens is 176 g/mol. The molecular formula is C11H22N2O. The fraction of sp³-hybridized carbons (Fsp3) is 0.909. The Morgan fingerprint density at radius 3 is 2.36 bits per heavy atom. The van der Waals surface area contributed by atoms with E-state index in [1.54, 1.807) is 0 Å². The first-order valence-corrected chi connectivity index (χ1v) is 5.37. The van der Waals surface area contributed by atoms with Crippen LogP contribution in [0.2, 0.25) is 0 Å². The van der Waals surface area contributed by atoms with Gasteiger partial charge in [0.1, 0.15) is 0 Å². The van der Waals surface area contributed by atoms with Crippen molar-refractivity contribution < 1.29 is 4.79 Å². The van der Waals surface area contributed by atoms with E-state index in [0.717, 1.165) is 19.3 Å². The van der Waals surface area contributed by atoms with Crippen LogP contribution in [0.5, 0.6) is 0 Å². The highest BCUT2D eigenvalue weighted by Crippen LogP contribution is 2.33. The summed E-state index contributed by atoms with van der Waals surface area (Å²) in [6.07, 6.45) is 2.64. The average Bonchev–Trinajstić information content (AvgIpc) is 2.64. The van der Waals surface area contributed by atoms with E-state index in [4.69, 9.17) is 5.73 Å². The summed E-state index contributed by atoms with van der Waals surface area (Å²) in [5, 5.41) is 3.03. The summed E-state index contributed by atoms with van der Waals surface area (Å²) in [5.74, 6) is 0.598. The van der Waals surface area contributed by atoms with Crippen LogP contribution in [0, 0.1) is 5.92 Å². The molecule has 0 unspecified atom stereocenters. The van der Waals surface area contributed by atoms with Crippen molar-refractivity contribution in [2.75, 3.05) is 0 Å². The maximum Gasteiger partial charge on any atom is 0.240 e. The summed E-state index contributed by atoms with van der Waals surface area (Å²) in [6.45, 7) is 8.42. The third kappa shape index (κ3) is 2.98. The molecule has 14 heavy (non-hydrogen) atoms. The van der Waals surface area contributed by atoms with E-state index in [9.17, 15) is 4.79 Å². The minimum Gasteiger partial charge on any atom is -0.350 e. The van der Waals surface area contributed by atoms with Crippen molar-refractivity contribution >= 4 is 5.91 Å². The third-order valence-corrected chi connectivity index (χ3v) is 2.61. The van der Waals surface area contributed by atoms with Crippen LogP contribution in [-0.4, -0.2) is 17.0 Å². The second-order valence-electron chi connectivity index (χ2n) is 5.59. The number of carbonyl (C=O) groups is 1. The van der Waals surface area contributed by atoms with E-state index >= 15 is 0 Å². The van der Waals surface area contributed by atoms with Crippen LogP contribution in [0.3, 0.4) is 0 Å². The van der Waals surface area contributed by atoms with E-state index in [1.807, 2.05) is 0 Å².